The molecule has 2 N–H and O–H groups in total. The molecule has 0 aromatic carbocycles. The van der Waals surface area contributed by atoms with Crippen LogP contribution in [-0.2, 0) is 19.1 Å². The van der Waals surface area contributed by atoms with Gasteiger partial charge in [-0.05, 0) is 27.7 Å². The van der Waals surface area contributed by atoms with Gasteiger partial charge in [-0.1, -0.05) is 0 Å². The highest BCUT2D eigenvalue weighted by Crippen LogP contribution is 1.91. The SMILES string of the molecule is CCOC(=O)/C=C(/C)NCCN/C(C)=C\C(=O)OCC. The van der Waals surface area contributed by atoms with Crippen molar-refractivity contribution in [3.63, 3.8) is 0 Å². The molecule has 0 atom stereocenters. The highest BCUT2D eigenvalue weighted by Gasteiger charge is 1.99. The molecular weight excluding hydrogens is 260 g/mol. The number of carbonyl (C=O) groups excluding carboxylic acids is 2. The lowest BCUT2D eigenvalue weighted by molar-refractivity contribution is -0.138. The van der Waals surface area contributed by atoms with E-state index in [2.05, 4.69) is 10.6 Å². The van der Waals surface area contributed by atoms with Crippen LogP contribution >= 0.6 is 0 Å². The topological polar surface area (TPSA) is 76.7 Å². The molecule has 20 heavy (non-hydrogen) atoms. The Hall–Kier alpha value is -1.98. The monoisotopic (exact) mass is 284 g/mol. The van der Waals surface area contributed by atoms with Crippen LogP contribution in [0.3, 0.4) is 0 Å². The number of hydrogen-bond donors (Lipinski definition) is 2. The fraction of sp³-hybridized carbons (Fsp3) is 0.571. The average molecular weight is 284 g/mol. The third-order valence-corrected chi connectivity index (χ3v) is 2.17. The number of carbonyl (C=O) groups is 2. The van der Waals surface area contributed by atoms with Gasteiger partial charge in [0.1, 0.15) is 0 Å². The van der Waals surface area contributed by atoms with Crippen LogP contribution in [0.1, 0.15) is 27.7 Å². The molecule has 0 unspecified atom stereocenters. The summed E-state index contributed by atoms with van der Waals surface area (Å²) in [4.78, 5) is 22.3. The Bertz CT molecular complexity index is 339. The maximum absolute atomic E-state index is 11.2. The van der Waals surface area contributed by atoms with E-state index in [-0.39, 0.29) is 11.9 Å². The lowest BCUT2D eigenvalue weighted by Gasteiger charge is -2.09. The lowest BCUT2D eigenvalue weighted by atomic mass is 10.4. The molecule has 0 aromatic rings. The predicted octanol–water partition coefficient (Wildman–Crippen LogP) is 1.10. The van der Waals surface area contributed by atoms with Crippen LogP contribution in [0, 0.1) is 0 Å². The van der Waals surface area contributed by atoms with E-state index in [1.165, 1.54) is 12.2 Å². The predicted molar refractivity (Wildman–Crippen MR) is 76.8 cm³/mol. The van der Waals surface area contributed by atoms with E-state index in [4.69, 9.17) is 9.47 Å². The molecule has 0 saturated heterocycles. The lowest BCUT2D eigenvalue weighted by Crippen LogP contribution is -2.26. The van der Waals surface area contributed by atoms with Crippen molar-refractivity contribution in [2.75, 3.05) is 26.3 Å². The van der Waals surface area contributed by atoms with Crippen molar-refractivity contribution in [1.82, 2.24) is 10.6 Å². The van der Waals surface area contributed by atoms with E-state index in [1.807, 2.05) is 0 Å². The van der Waals surface area contributed by atoms with Crippen molar-refractivity contribution in [2.45, 2.75) is 27.7 Å². The summed E-state index contributed by atoms with van der Waals surface area (Å²) >= 11 is 0. The van der Waals surface area contributed by atoms with Gasteiger partial charge in [0.05, 0.1) is 13.2 Å². The second kappa shape index (κ2) is 10.9. The molecule has 6 heteroatoms. The van der Waals surface area contributed by atoms with Crippen molar-refractivity contribution in [1.29, 1.82) is 0 Å². The number of allylic oxidation sites excluding steroid dienone is 2. The molecule has 0 saturated carbocycles. The van der Waals surface area contributed by atoms with Gasteiger partial charge in [0, 0.05) is 36.6 Å². The summed E-state index contributed by atoms with van der Waals surface area (Å²) in [6.45, 7) is 9.07. The van der Waals surface area contributed by atoms with Gasteiger partial charge in [-0.25, -0.2) is 9.59 Å². The van der Waals surface area contributed by atoms with E-state index in [1.54, 1.807) is 27.7 Å². The molecule has 0 radical (unpaired) electrons. The number of ether oxygens (including phenoxy) is 2. The van der Waals surface area contributed by atoms with Crippen molar-refractivity contribution in [3.05, 3.63) is 23.5 Å². The van der Waals surface area contributed by atoms with Crippen LogP contribution in [0.4, 0.5) is 0 Å². The summed E-state index contributed by atoms with van der Waals surface area (Å²) < 4.78 is 9.58. The maximum Gasteiger partial charge on any atom is 0.332 e. The summed E-state index contributed by atoms with van der Waals surface area (Å²) in [5, 5.41) is 6.12. The second-order valence-electron chi connectivity index (χ2n) is 4.01. The van der Waals surface area contributed by atoms with Gasteiger partial charge >= 0.3 is 11.9 Å². The summed E-state index contributed by atoms with van der Waals surface area (Å²) in [6.07, 6.45) is 2.82. The van der Waals surface area contributed by atoms with E-state index < -0.39 is 0 Å². The van der Waals surface area contributed by atoms with E-state index in [0.717, 1.165) is 11.4 Å². The fourth-order valence-corrected chi connectivity index (χ4v) is 1.34. The highest BCUT2D eigenvalue weighted by molar-refractivity contribution is 5.82. The van der Waals surface area contributed by atoms with Gasteiger partial charge in [0.25, 0.3) is 0 Å². The molecule has 0 heterocycles. The van der Waals surface area contributed by atoms with Crippen molar-refractivity contribution < 1.29 is 19.1 Å². The third kappa shape index (κ3) is 9.99. The van der Waals surface area contributed by atoms with Gasteiger partial charge in [0.15, 0.2) is 0 Å². The van der Waals surface area contributed by atoms with Crippen LogP contribution in [0.2, 0.25) is 0 Å². The summed E-state index contributed by atoms with van der Waals surface area (Å²) in [5.74, 6) is -0.715. The Balaban J connectivity index is 3.91. The average Bonchev–Trinajstić information content (AvgIpc) is 2.35. The van der Waals surface area contributed by atoms with Gasteiger partial charge < -0.3 is 20.1 Å². The Kier molecular flexibility index (Phi) is 9.82. The van der Waals surface area contributed by atoms with Crippen LogP contribution < -0.4 is 10.6 Å². The molecule has 0 aliphatic rings. The van der Waals surface area contributed by atoms with E-state index >= 15 is 0 Å². The van der Waals surface area contributed by atoms with Crippen molar-refractivity contribution >= 4 is 11.9 Å². The smallest absolute Gasteiger partial charge is 0.332 e. The van der Waals surface area contributed by atoms with Crippen molar-refractivity contribution in [2.24, 2.45) is 0 Å². The second-order valence-corrected chi connectivity index (χ2v) is 4.01. The number of esters is 2. The zero-order chi connectivity index (χ0) is 15.4. The first-order chi connectivity index (χ1) is 9.49. The largest absolute Gasteiger partial charge is 0.463 e. The third-order valence-electron chi connectivity index (χ3n) is 2.17. The number of rotatable bonds is 9. The summed E-state index contributed by atoms with van der Waals surface area (Å²) in [5.41, 5.74) is 1.47. The Morgan fingerprint density at radius 1 is 0.850 bits per heavy atom. The van der Waals surface area contributed by atoms with E-state index in [9.17, 15) is 9.59 Å². The van der Waals surface area contributed by atoms with Crippen LogP contribution in [0.5, 0.6) is 0 Å². The van der Waals surface area contributed by atoms with Gasteiger partial charge in [-0.15, -0.1) is 0 Å². The molecule has 0 fully saturated rings. The Morgan fingerprint density at radius 2 is 1.20 bits per heavy atom. The molecule has 0 spiro atoms. The highest BCUT2D eigenvalue weighted by atomic mass is 16.5. The molecular formula is C14H24N2O4. The minimum absolute atomic E-state index is 0.358. The Labute approximate surface area is 120 Å². The van der Waals surface area contributed by atoms with Gasteiger partial charge in [-0.2, -0.15) is 0 Å². The normalized spacial score (nSPS) is 11.8. The summed E-state index contributed by atoms with van der Waals surface area (Å²) in [6, 6.07) is 0. The first-order valence-electron chi connectivity index (χ1n) is 6.67. The number of nitrogens with one attached hydrogen (secondary N) is 2. The van der Waals surface area contributed by atoms with Crippen LogP contribution in [-0.4, -0.2) is 38.2 Å². The quantitative estimate of drug-likeness (QED) is 0.375. The standard InChI is InChI=1S/C14H24N2O4/c1-5-19-13(17)9-11(3)15-7-8-16-12(4)10-14(18)20-6-2/h9-10,15-16H,5-8H2,1-4H3/b11-9-,12-10-. The van der Waals surface area contributed by atoms with Crippen LogP contribution in [0.25, 0.3) is 0 Å². The summed E-state index contributed by atoms with van der Waals surface area (Å²) in [7, 11) is 0. The first kappa shape index (κ1) is 18.0. The first-order valence-corrected chi connectivity index (χ1v) is 6.67. The van der Waals surface area contributed by atoms with E-state index in [0.29, 0.717) is 26.3 Å². The molecule has 0 aliphatic carbocycles. The molecule has 0 amide bonds. The van der Waals surface area contributed by atoms with Crippen molar-refractivity contribution in [3.8, 4) is 0 Å². The molecule has 0 aliphatic heterocycles. The molecule has 0 rings (SSSR count). The zero-order valence-electron chi connectivity index (χ0n) is 12.6. The molecule has 0 aromatic heterocycles. The molecule has 114 valence electrons. The van der Waals surface area contributed by atoms with Crippen LogP contribution in [0.15, 0.2) is 23.5 Å². The fourth-order valence-electron chi connectivity index (χ4n) is 1.34. The molecule has 6 nitrogen and oxygen atoms in total. The minimum atomic E-state index is -0.358. The minimum Gasteiger partial charge on any atom is -0.463 e. The maximum atomic E-state index is 11.2. The molecule has 0 bridgehead atoms. The van der Waals surface area contributed by atoms with Gasteiger partial charge in [-0.3, -0.25) is 0 Å². The Morgan fingerprint density at radius 3 is 1.50 bits per heavy atom. The zero-order valence-corrected chi connectivity index (χ0v) is 12.6. The van der Waals surface area contributed by atoms with Gasteiger partial charge in [0.2, 0.25) is 0 Å². The number of hydrogen-bond acceptors (Lipinski definition) is 6.